The van der Waals surface area contributed by atoms with Gasteiger partial charge in [-0.2, -0.15) is 0 Å². The van der Waals surface area contributed by atoms with Gasteiger partial charge in [-0.05, 0) is 23.6 Å². The molecule has 20 heavy (non-hydrogen) atoms. The van der Waals surface area contributed by atoms with Crippen molar-refractivity contribution < 1.29 is 9.90 Å². The Morgan fingerprint density at radius 2 is 1.95 bits per heavy atom. The third kappa shape index (κ3) is 6.68. The highest BCUT2D eigenvalue weighted by atomic mass is 79.9. The second-order valence-electron chi connectivity index (χ2n) is 4.88. The smallest absolute Gasteiger partial charge is 0.243 e. The van der Waals surface area contributed by atoms with Crippen molar-refractivity contribution in [1.29, 1.82) is 0 Å². The molecule has 0 aliphatic rings. The Morgan fingerprint density at radius 1 is 1.30 bits per heavy atom. The van der Waals surface area contributed by atoms with Crippen LogP contribution in [0.2, 0.25) is 0 Å². The van der Waals surface area contributed by atoms with Crippen LogP contribution in [0.5, 0.6) is 0 Å². The molecule has 4 heteroatoms. The van der Waals surface area contributed by atoms with Crippen molar-refractivity contribution >= 4 is 21.8 Å². The van der Waals surface area contributed by atoms with E-state index >= 15 is 0 Å². The molecule has 1 rings (SSSR count). The lowest BCUT2D eigenvalue weighted by Gasteiger charge is -2.05. The van der Waals surface area contributed by atoms with Crippen LogP contribution in [0.3, 0.4) is 0 Å². The van der Waals surface area contributed by atoms with Crippen molar-refractivity contribution in [2.24, 2.45) is 5.92 Å². The summed E-state index contributed by atoms with van der Waals surface area (Å²) in [4.78, 5) is 11.4. The number of hydrogen-bond donors (Lipinski definition) is 2. The van der Waals surface area contributed by atoms with Crippen LogP contribution in [0, 0.1) is 5.92 Å². The Kier molecular flexibility index (Phi) is 7.26. The summed E-state index contributed by atoms with van der Waals surface area (Å²) in [5.41, 5.74) is 0.808. The van der Waals surface area contributed by atoms with Crippen LogP contribution in [-0.2, 0) is 4.79 Å². The summed E-state index contributed by atoms with van der Waals surface area (Å²) in [6.07, 6.45) is 5.70. The SMILES string of the molecule is CC(C)CNC(=O)/C=C/C=C\C(O)c1ccc(Br)cc1. The fraction of sp³-hybridized carbons (Fsp3) is 0.312. The minimum atomic E-state index is -0.675. The van der Waals surface area contributed by atoms with Crippen molar-refractivity contribution in [3.63, 3.8) is 0 Å². The zero-order valence-corrected chi connectivity index (χ0v) is 13.3. The number of nitrogens with one attached hydrogen (secondary N) is 1. The molecule has 2 N–H and O–H groups in total. The van der Waals surface area contributed by atoms with Crippen LogP contribution in [0.1, 0.15) is 25.5 Å². The Hall–Kier alpha value is -1.39. The lowest BCUT2D eigenvalue weighted by molar-refractivity contribution is -0.116. The van der Waals surface area contributed by atoms with Crippen molar-refractivity contribution in [2.75, 3.05) is 6.54 Å². The molecule has 0 saturated carbocycles. The largest absolute Gasteiger partial charge is 0.384 e. The van der Waals surface area contributed by atoms with Gasteiger partial charge in [-0.3, -0.25) is 4.79 Å². The van der Waals surface area contributed by atoms with Gasteiger partial charge in [0.25, 0.3) is 0 Å². The number of rotatable bonds is 6. The van der Waals surface area contributed by atoms with Gasteiger partial charge in [0, 0.05) is 17.1 Å². The minimum Gasteiger partial charge on any atom is -0.384 e. The highest BCUT2D eigenvalue weighted by Gasteiger charge is 2.01. The summed E-state index contributed by atoms with van der Waals surface area (Å²) in [6, 6.07) is 7.44. The maximum atomic E-state index is 11.4. The maximum Gasteiger partial charge on any atom is 0.243 e. The molecule has 0 aliphatic heterocycles. The number of carbonyl (C=O) groups excluding carboxylic acids is 1. The Bertz CT molecular complexity index is 478. The van der Waals surface area contributed by atoms with Crippen molar-refractivity contribution in [1.82, 2.24) is 5.32 Å². The van der Waals surface area contributed by atoms with Gasteiger partial charge < -0.3 is 10.4 Å². The summed E-state index contributed by atoms with van der Waals surface area (Å²) in [6.45, 7) is 4.74. The fourth-order valence-electron chi connectivity index (χ4n) is 1.45. The highest BCUT2D eigenvalue weighted by Crippen LogP contribution is 2.17. The van der Waals surface area contributed by atoms with E-state index in [4.69, 9.17) is 0 Å². The van der Waals surface area contributed by atoms with Gasteiger partial charge in [-0.1, -0.05) is 60.1 Å². The zero-order chi connectivity index (χ0) is 15.0. The van der Waals surface area contributed by atoms with Crippen LogP contribution in [0.4, 0.5) is 0 Å². The number of aliphatic hydroxyl groups is 1. The summed E-state index contributed by atoms with van der Waals surface area (Å²) >= 11 is 3.34. The number of allylic oxidation sites excluding steroid dienone is 2. The van der Waals surface area contributed by atoms with Crippen LogP contribution in [0.15, 0.2) is 53.0 Å². The lowest BCUT2D eigenvalue weighted by Crippen LogP contribution is -2.25. The van der Waals surface area contributed by atoms with E-state index in [2.05, 4.69) is 21.2 Å². The number of hydrogen-bond acceptors (Lipinski definition) is 2. The molecule has 108 valence electrons. The first-order valence-electron chi connectivity index (χ1n) is 6.55. The molecule has 0 aromatic heterocycles. The van der Waals surface area contributed by atoms with E-state index in [0.29, 0.717) is 12.5 Å². The van der Waals surface area contributed by atoms with Gasteiger partial charge in [-0.25, -0.2) is 0 Å². The number of halogens is 1. The third-order valence-corrected chi connectivity index (χ3v) is 3.08. The first kappa shape index (κ1) is 16.7. The molecule has 0 radical (unpaired) electrons. The molecular formula is C16H20BrNO2. The van der Waals surface area contributed by atoms with E-state index in [1.807, 2.05) is 38.1 Å². The van der Waals surface area contributed by atoms with Gasteiger partial charge in [0.1, 0.15) is 0 Å². The van der Waals surface area contributed by atoms with E-state index < -0.39 is 6.10 Å². The van der Waals surface area contributed by atoms with Crippen molar-refractivity contribution in [3.8, 4) is 0 Å². The highest BCUT2D eigenvalue weighted by molar-refractivity contribution is 9.10. The molecule has 1 aromatic rings. The van der Waals surface area contributed by atoms with Crippen LogP contribution in [0.25, 0.3) is 0 Å². The number of benzene rings is 1. The van der Waals surface area contributed by atoms with Gasteiger partial charge in [-0.15, -0.1) is 0 Å². The molecule has 0 fully saturated rings. The average molecular weight is 338 g/mol. The molecule has 1 atom stereocenters. The molecular weight excluding hydrogens is 318 g/mol. The number of amides is 1. The Balaban J connectivity index is 2.43. The summed E-state index contributed by atoms with van der Waals surface area (Å²) < 4.78 is 0.971. The fourth-order valence-corrected chi connectivity index (χ4v) is 1.71. The zero-order valence-electron chi connectivity index (χ0n) is 11.7. The predicted octanol–water partition coefficient (Wildman–Crippen LogP) is 3.37. The van der Waals surface area contributed by atoms with Crippen molar-refractivity contribution in [3.05, 3.63) is 58.6 Å². The molecule has 0 spiro atoms. The number of carbonyl (C=O) groups is 1. The summed E-state index contributed by atoms with van der Waals surface area (Å²) in [5, 5.41) is 12.7. The second-order valence-corrected chi connectivity index (χ2v) is 5.80. The molecule has 0 saturated heterocycles. The lowest BCUT2D eigenvalue weighted by atomic mass is 10.1. The third-order valence-electron chi connectivity index (χ3n) is 2.55. The van der Waals surface area contributed by atoms with Gasteiger partial charge in [0.2, 0.25) is 5.91 Å². The second kappa shape index (κ2) is 8.72. The molecule has 0 bridgehead atoms. The molecule has 1 aromatic carbocycles. The van der Waals surface area contributed by atoms with E-state index in [-0.39, 0.29) is 5.91 Å². The van der Waals surface area contributed by atoms with Crippen molar-refractivity contribution in [2.45, 2.75) is 20.0 Å². The van der Waals surface area contributed by atoms with E-state index in [1.165, 1.54) is 6.08 Å². The first-order chi connectivity index (χ1) is 9.49. The predicted molar refractivity (Wildman–Crippen MR) is 85.2 cm³/mol. The van der Waals surface area contributed by atoms with Crippen LogP contribution in [-0.4, -0.2) is 17.6 Å². The maximum absolute atomic E-state index is 11.4. The standard InChI is InChI=1S/C16H20BrNO2/c1-12(2)11-18-16(20)6-4-3-5-15(19)13-7-9-14(17)10-8-13/h3-10,12,15,19H,11H2,1-2H3,(H,18,20)/b5-3-,6-4+. The summed E-state index contributed by atoms with van der Waals surface area (Å²) in [5.74, 6) is 0.309. The monoisotopic (exact) mass is 337 g/mol. The summed E-state index contributed by atoms with van der Waals surface area (Å²) in [7, 11) is 0. The molecule has 0 aliphatic carbocycles. The van der Waals surface area contributed by atoms with Gasteiger partial charge in [0.05, 0.1) is 6.10 Å². The van der Waals surface area contributed by atoms with Crippen LogP contribution >= 0.6 is 15.9 Å². The average Bonchev–Trinajstić information content (AvgIpc) is 2.42. The first-order valence-corrected chi connectivity index (χ1v) is 7.34. The van der Waals surface area contributed by atoms with Gasteiger partial charge >= 0.3 is 0 Å². The quantitative estimate of drug-likeness (QED) is 0.617. The Labute approximate surface area is 128 Å². The van der Waals surface area contributed by atoms with E-state index in [0.717, 1.165) is 10.0 Å². The Morgan fingerprint density at radius 3 is 2.55 bits per heavy atom. The van der Waals surface area contributed by atoms with Gasteiger partial charge in [0.15, 0.2) is 0 Å². The van der Waals surface area contributed by atoms with E-state index in [1.54, 1.807) is 18.2 Å². The van der Waals surface area contributed by atoms with Crippen LogP contribution < -0.4 is 5.32 Å². The molecule has 1 amide bonds. The number of aliphatic hydroxyl groups excluding tert-OH is 1. The molecule has 3 nitrogen and oxygen atoms in total. The minimum absolute atomic E-state index is 0.124. The molecule has 1 unspecified atom stereocenters. The van der Waals surface area contributed by atoms with E-state index in [9.17, 15) is 9.90 Å². The molecule has 0 heterocycles. The topological polar surface area (TPSA) is 49.3 Å². The normalized spacial score (nSPS) is 13.2.